The summed E-state index contributed by atoms with van der Waals surface area (Å²) in [5.74, 6) is -4.70. The minimum atomic E-state index is -1.59. The van der Waals surface area contributed by atoms with Crippen LogP contribution < -0.4 is 27.8 Å². The van der Waals surface area contributed by atoms with Gasteiger partial charge < -0.3 is 38.0 Å². The quantitative estimate of drug-likeness (QED) is 0.189. The molecule has 10 N–H and O–H groups in total. The van der Waals surface area contributed by atoms with Gasteiger partial charge in [0.1, 0.15) is 17.8 Å². The summed E-state index contributed by atoms with van der Waals surface area (Å²) in [4.78, 5) is 58.1. The number of carbonyl (C=O) groups excluding carboxylic acids is 4. The smallest absolute Gasteiger partial charge is 0.326 e. The highest BCUT2D eigenvalue weighted by molar-refractivity contribution is 5.93. The minimum absolute atomic E-state index is 0.00957. The number of hydrogen-bond donors (Lipinski definition) is 7. The van der Waals surface area contributed by atoms with Crippen LogP contribution in [0.25, 0.3) is 0 Å². The fraction of sp³-hybridized carbons (Fsp3) is 0.389. The molecule has 0 saturated carbocycles. The molecule has 3 atom stereocenters. The summed E-state index contributed by atoms with van der Waals surface area (Å²) in [6.45, 7) is 0. The van der Waals surface area contributed by atoms with Crippen molar-refractivity contribution < 1.29 is 34.2 Å². The van der Waals surface area contributed by atoms with Crippen molar-refractivity contribution in [2.75, 3.05) is 0 Å². The molecule has 30 heavy (non-hydrogen) atoms. The molecule has 0 bridgehead atoms. The second kappa shape index (κ2) is 11.4. The highest BCUT2D eigenvalue weighted by Crippen LogP contribution is 2.12. The van der Waals surface area contributed by atoms with Crippen LogP contribution in [0, 0.1) is 0 Å². The van der Waals surface area contributed by atoms with Crippen LogP contribution >= 0.6 is 0 Å². The molecule has 1 rings (SSSR count). The van der Waals surface area contributed by atoms with Gasteiger partial charge in [-0.2, -0.15) is 0 Å². The van der Waals surface area contributed by atoms with Gasteiger partial charge in [-0.05, 0) is 24.1 Å². The number of phenols is 1. The number of aliphatic carboxylic acids is 1. The van der Waals surface area contributed by atoms with Gasteiger partial charge in [0.15, 0.2) is 0 Å². The molecule has 3 unspecified atom stereocenters. The van der Waals surface area contributed by atoms with E-state index in [9.17, 15) is 29.1 Å². The van der Waals surface area contributed by atoms with Gasteiger partial charge in [0, 0.05) is 12.8 Å². The number of primary amides is 2. The van der Waals surface area contributed by atoms with E-state index in [-0.39, 0.29) is 25.0 Å². The molecule has 0 aliphatic heterocycles. The van der Waals surface area contributed by atoms with Crippen molar-refractivity contribution in [2.45, 2.75) is 43.8 Å². The normalized spacial score (nSPS) is 13.5. The maximum atomic E-state index is 12.6. The zero-order chi connectivity index (χ0) is 22.8. The van der Waals surface area contributed by atoms with Crippen LogP contribution in [0.1, 0.15) is 24.8 Å². The number of benzene rings is 1. The lowest BCUT2D eigenvalue weighted by atomic mass is 10.0. The molecule has 1 aromatic rings. The van der Waals surface area contributed by atoms with Crippen LogP contribution in [0.4, 0.5) is 0 Å². The fourth-order valence-electron chi connectivity index (χ4n) is 2.46. The Balaban J connectivity index is 2.97. The van der Waals surface area contributed by atoms with Crippen molar-refractivity contribution in [1.82, 2.24) is 10.6 Å². The number of rotatable bonds is 12. The SMILES string of the molecule is NC(=O)CCC(N)C(=O)NC(Cc1ccc(O)cc1)C(=O)NC(CC(N)=O)C(=O)O. The van der Waals surface area contributed by atoms with E-state index < -0.39 is 54.1 Å². The van der Waals surface area contributed by atoms with Crippen LogP contribution in [0.5, 0.6) is 5.75 Å². The molecular formula is C18H25N5O7. The topological polar surface area (TPSA) is 228 Å². The van der Waals surface area contributed by atoms with E-state index in [1.165, 1.54) is 24.3 Å². The molecule has 0 aromatic heterocycles. The van der Waals surface area contributed by atoms with Gasteiger partial charge in [-0.15, -0.1) is 0 Å². The molecule has 164 valence electrons. The molecule has 1 aromatic carbocycles. The number of carbonyl (C=O) groups is 5. The van der Waals surface area contributed by atoms with E-state index in [0.29, 0.717) is 5.56 Å². The molecular weight excluding hydrogens is 398 g/mol. The van der Waals surface area contributed by atoms with Crippen LogP contribution in [0.2, 0.25) is 0 Å². The van der Waals surface area contributed by atoms with E-state index in [1.807, 2.05) is 0 Å². The first kappa shape index (κ1) is 24.4. The van der Waals surface area contributed by atoms with Gasteiger partial charge in [-0.1, -0.05) is 12.1 Å². The van der Waals surface area contributed by atoms with Crippen LogP contribution in [-0.2, 0) is 30.4 Å². The lowest BCUT2D eigenvalue weighted by Crippen LogP contribution is -2.55. The number of amides is 4. The summed E-state index contributed by atoms with van der Waals surface area (Å²) < 4.78 is 0. The number of hydrogen-bond acceptors (Lipinski definition) is 7. The maximum Gasteiger partial charge on any atom is 0.326 e. The van der Waals surface area contributed by atoms with Crippen molar-refractivity contribution >= 4 is 29.6 Å². The molecule has 0 aliphatic carbocycles. The number of phenolic OH excluding ortho intramolecular Hbond substituents is 1. The van der Waals surface area contributed by atoms with Crippen molar-refractivity contribution in [1.29, 1.82) is 0 Å². The number of nitrogens with one attached hydrogen (secondary N) is 2. The summed E-state index contributed by atoms with van der Waals surface area (Å²) in [5.41, 5.74) is 16.3. The summed E-state index contributed by atoms with van der Waals surface area (Å²) in [6, 6.07) is 1.79. The van der Waals surface area contributed by atoms with Gasteiger partial charge in [0.05, 0.1) is 12.5 Å². The van der Waals surface area contributed by atoms with Crippen LogP contribution in [-0.4, -0.2) is 57.9 Å². The molecule has 12 nitrogen and oxygen atoms in total. The lowest BCUT2D eigenvalue weighted by molar-refractivity contribution is -0.143. The highest BCUT2D eigenvalue weighted by atomic mass is 16.4. The van der Waals surface area contributed by atoms with Gasteiger partial charge >= 0.3 is 5.97 Å². The second-order valence-corrected chi connectivity index (χ2v) is 6.61. The third kappa shape index (κ3) is 8.56. The van der Waals surface area contributed by atoms with E-state index in [0.717, 1.165) is 0 Å². The Morgan fingerprint density at radius 3 is 1.97 bits per heavy atom. The van der Waals surface area contributed by atoms with Crippen LogP contribution in [0.15, 0.2) is 24.3 Å². The Morgan fingerprint density at radius 1 is 0.900 bits per heavy atom. The van der Waals surface area contributed by atoms with E-state index in [4.69, 9.17) is 22.3 Å². The summed E-state index contributed by atoms with van der Waals surface area (Å²) in [6.07, 6.45) is -0.889. The highest BCUT2D eigenvalue weighted by Gasteiger charge is 2.29. The zero-order valence-electron chi connectivity index (χ0n) is 16.0. The minimum Gasteiger partial charge on any atom is -0.508 e. The maximum absolute atomic E-state index is 12.6. The van der Waals surface area contributed by atoms with E-state index in [1.54, 1.807) is 0 Å². The standard InChI is InChI=1S/C18H25N5O7/c19-11(5-6-14(20)25)16(27)22-12(7-9-1-3-10(24)4-2-9)17(28)23-13(18(29)30)8-15(21)26/h1-4,11-13,24H,5-8,19H2,(H2,20,25)(H2,21,26)(H,22,27)(H,23,28)(H,29,30). The molecule has 0 radical (unpaired) electrons. The predicted octanol–water partition coefficient (Wildman–Crippen LogP) is -2.54. The van der Waals surface area contributed by atoms with Crippen molar-refractivity contribution in [2.24, 2.45) is 17.2 Å². The Hall–Kier alpha value is -3.67. The van der Waals surface area contributed by atoms with Crippen molar-refractivity contribution in [3.63, 3.8) is 0 Å². The number of carboxylic acid groups (broad SMARTS) is 1. The predicted molar refractivity (Wildman–Crippen MR) is 104 cm³/mol. The van der Waals surface area contributed by atoms with Crippen LogP contribution in [0.3, 0.4) is 0 Å². The van der Waals surface area contributed by atoms with Crippen molar-refractivity contribution in [3.8, 4) is 5.75 Å². The Kier molecular flexibility index (Phi) is 9.23. The molecule has 0 heterocycles. The third-order valence-corrected chi connectivity index (χ3v) is 4.07. The first-order chi connectivity index (χ1) is 14.0. The molecule has 0 saturated heterocycles. The number of aromatic hydroxyl groups is 1. The largest absolute Gasteiger partial charge is 0.508 e. The monoisotopic (exact) mass is 423 g/mol. The van der Waals surface area contributed by atoms with E-state index >= 15 is 0 Å². The number of carboxylic acids is 1. The Morgan fingerprint density at radius 2 is 1.47 bits per heavy atom. The number of nitrogens with two attached hydrogens (primary N) is 3. The van der Waals surface area contributed by atoms with Crippen molar-refractivity contribution in [3.05, 3.63) is 29.8 Å². The van der Waals surface area contributed by atoms with Gasteiger partial charge in [-0.3, -0.25) is 19.2 Å². The average Bonchev–Trinajstić information content (AvgIpc) is 2.65. The molecule has 12 heteroatoms. The average molecular weight is 423 g/mol. The summed E-state index contributed by atoms with van der Waals surface area (Å²) in [5, 5.41) is 23.1. The molecule has 0 fully saturated rings. The van der Waals surface area contributed by atoms with E-state index in [2.05, 4.69) is 10.6 Å². The molecule has 0 spiro atoms. The van der Waals surface area contributed by atoms with Gasteiger partial charge in [-0.25, -0.2) is 4.79 Å². The first-order valence-corrected chi connectivity index (χ1v) is 8.93. The fourth-order valence-corrected chi connectivity index (χ4v) is 2.46. The lowest BCUT2D eigenvalue weighted by Gasteiger charge is -2.22. The zero-order valence-corrected chi connectivity index (χ0v) is 16.0. The summed E-state index contributed by atoms with van der Waals surface area (Å²) in [7, 11) is 0. The molecule has 4 amide bonds. The van der Waals surface area contributed by atoms with Gasteiger partial charge in [0.25, 0.3) is 0 Å². The summed E-state index contributed by atoms with van der Waals surface area (Å²) >= 11 is 0. The first-order valence-electron chi connectivity index (χ1n) is 8.93. The Labute approximate surface area is 171 Å². The molecule has 0 aliphatic rings. The Bertz CT molecular complexity index is 797. The van der Waals surface area contributed by atoms with Gasteiger partial charge in [0.2, 0.25) is 23.6 Å². The second-order valence-electron chi connectivity index (χ2n) is 6.61. The third-order valence-electron chi connectivity index (χ3n) is 4.07.